The molecule has 0 spiro atoms. The Balaban J connectivity index is 1.37. The lowest BCUT2D eigenvalue weighted by molar-refractivity contribution is 0.0837. The molecule has 146 valence electrons. The first-order chi connectivity index (χ1) is 13.5. The van der Waals surface area contributed by atoms with Crippen LogP contribution in [0.15, 0.2) is 44.6 Å². The molecule has 0 bridgehead atoms. The van der Waals surface area contributed by atoms with Crippen molar-refractivity contribution in [1.82, 2.24) is 14.5 Å². The zero-order valence-corrected chi connectivity index (χ0v) is 16.0. The van der Waals surface area contributed by atoms with Gasteiger partial charge < -0.3 is 4.90 Å². The molecule has 3 heterocycles. The number of ketones is 1. The average molecular weight is 401 g/mol. The Bertz CT molecular complexity index is 1110. The van der Waals surface area contributed by atoms with E-state index in [9.17, 15) is 18.8 Å². The molecule has 1 fully saturated rings. The number of carbonyl (C=O) groups excluding carboxylic acids is 1. The predicted molar refractivity (Wildman–Crippen MR) is 107 cm³/mol. The van der Waals surface area contributed by atoms with Crippen LogP contribution < -0.4 is 11.2 Å². The second-order valence-corrected chi connectivity index (χ2v) is 7.81. The van der Waals surface area contributed by atoms with Crippen molar-refractivity contribution < 1.29 is 9.18 Å². The molecule has 1 aliphatic heterocycles. The topological polar surface area (TPSA) is 75.2 Å². The van der Waals surface area contributed by atoms with E-state index >= 15 is 0 Å². The van der Waals surface area contributed by atoms with Crippen LogP contribution in [0, 0.1) is 11.7 Å². The van der Waals surface area contributed by atoms with Crippen LogP contribution >= 0.6 is 11.3 Å². The fraction of sp³-hybridized carbons (Fsp3) is 0.350. The molecule has 3 aromatic rings. The number of hydrogen-bond donors (Lipinski definition) is 1. The molecule has 8 heteroatoms. The van der Waals surface area contributed by atoms with Crippen LogP contribution in [-0.4, -0.2) is 39.9 Å². The van der Waals surface area contributed by atoms with E-state index in [-0.39, 0.29) is 23.1 Å². The quantitative estimate of drug-likeness (QED) is 0.667. The number of aromatic amines is 1. The molecule has 0 radical (unpaired) electrons. The van der Waals surface area contributed by atoms with Crippen molar-refractivity contribution in [2.24, 2.45) is 5.92 Å². The molecule has 0 unspecified atom stereocenters. The first kappa shape index (κ1) is 18.8. The second kappa shape index (κ2) is 7.81. The summed E-state index contributed by atoms with van der Waals surface area (Å²) >= 11 is 1.40. The van der Waals surface area contributed by atoms with E-state index in [2.05, 4.69) is 9.88 Å². The van der Waals surface area contributed by atoms with E-state index in [4.69, 9.17) is 0 Å². The van der Waals surface area contributed by atoms with Gasteiger partial charge in [0.1, 0.15) is 5.82 Å². The summed E-state index contributed by atoms with van der Waals surface area (Å²) in [6.07, 6.45) is 1.48. The molecule has 28 heavy (non-hydrogen) atoms. The van der Waals surface area contributed by atoms with Crippen molar-refractivity contribution in [2.45, 2.75) is 19.4 Å². The zero-order chi connectivity index (χ0) is 19.7. The van der Waals surface area contributed by atoms with Gasteiger partial charge in [-0.15, -0.1) is 11.3 Å². The minimum atomic E-state index is -0.391. The molecule has 0 amide bonds. The summed E-state index contributed by atoms with van der Waals surface area (Å²) in [6, 6.07) is 5.71. The number of Topliss-reactive ketones (excluding diaryl/α,β-unsaturated/α-hetero) is 1. The van der Waals surface area contributed by atoms with Crippen molar-refractivity contribution >= 4 is 28.0 Å². The molecule has 6 nitrogen and oxygen atoms in total. The number of H-pyrrole nitrogens is 1. The van der Waals surface area contributed by atoms with Crippen molar-refractivity contribution in [1.29, 1.82) is 0 Å². The molecule has 2 aromatic heterocycles. The molecule has 0 saturated carbocycles. The zero-order valence-electron chi connectivity index (χ0n) is 15.2. The Labute approximate surface area is 164 Å². The molecule has 1 N–H and O–H groups in total. The van der Waals surface area contributed by atoms with Crippen LogP contribution in [0.2, 0.25) is 0 Å². The number of carbonyl (C=O) groups is 1. The van der Waals surface area contributed by atoms with Crippen LogP contribution in [0.3, 0.4) is 0 Å². The SMILES string of the molecule is O=C(c1ccc(F)cc1)C1CCN(CCn2c(=O)[nH]c(=O)c3cscc32)CC1. The highest BCUT2D eigenvalue weighted by Crippen LogP contribution is 2.22. The third-order valence-corrected chi connectivity index (χ3v) is 6.10. The highest BCUT2D eigenvalue weighted by molar-refractivity contribution is 7.09. The van der Waals surface area contributed by atoms with Gasteiger partial charge in [0.25, 0.3) is 5.56 Å². The lowest BCUT2D eigenvalue weighted by Crippen LogP contribution is -2.40. The number of piperidine rings is 1. The van der Waals surface area contributed by atoms with Crippen molar-refractivity contribution in [2.75, 3.05) is 19.6 Å². The number of halogens is 1. The van der Waals surface area contributed by atoms with Crippen molar-refractivity contribution in [3.8, 4) is 0 Å². The number of nitrogens with one attached hydrogen (secondary N) is 1. The fourth-order valence-electron chi connectivity index (χ4n) is 3.74. The van der Waals surface area contributed by atoms with Crippen LogP contribution in [0.25, 0.3) is 10.9 Å². The number of fused-ring (bicyclic) bond motifs is 1. The lowest BCUT2D eigenvalue weighted by atomic mass is 9.89. The number of likely N-dealkylation sites (tertiary alicyclic amines) is 1. The summed E-state index contributed by atoms with van der Waals surface area (Å²) < 4.78 is 14.6. The van der Waals surface area contributed by atoms with Crippen molar-refractivity contribution in [3.05, 3.63) is 67.2 Å². The third-order valence-electron chi connectivity index (χ3n) is 5.37. The lowest BCUT2D eigenvalue weighted by Gasteiger charge is -2.31. The standard InChI is InChI=1S/C20H20FN3O3S/c21-15-3-1-13(2-4-15)18(25)14-5-7-23(8-6-14)9-10-24-17-12-28-11-16(17)19(26)22-20(24)27/h1-4,11-12,14H,5-10H2,(H,22,26,27). The highest BCUT2D eigenvalue weighted by atomic mass is 32.1. The number of aromatic nitrogens is 2. The van der Waals surface area contributed by atoms with Crippen LogP contribution in [0.5, 0.6) is 0 Å². The van der Waals surface area contributed by atoms with E-state index in [1.165, 1.54) is 23.5 Å². The van der Waals surface area contributed by atoms with Gasteiger partial charge in [-0.2, -0.15) is 0 Å². The van der Waals surface area contributed by atoms with Gasteiger partial charge in [0, 0.05) is 35.3 Å². The molecule has 1 aliphatic rings. The van der Waals surface area contributed by atoms with Crippen molar-refractivity contribution in [3.63, 3.8) is 0 Å². The maximum atomic E-state index is 13.0. The summed E-state index contributed by atoms with van der Waals surface area (Å²) in [5.41, 5.74) is 0.481. The molecule has 1 saturated heterocycles. The maximum Gasteiger partial charge on any atom is 0.328 e. The van der Waals surface area contributed by atoms with E-state index < -0.39 is 5.69 Å². The average Bonchev–Trinajstić information content (AvgIpc) is 3.19. The third kappa shape index (κ3) is 3.70. The summed E-state index contributed by atoms with van der Waals surface area (Å²) in [7, 11) is 0. The van der Waals surface area contributed by atoms with Gasteiger partial charge in [0.15, 0.2) is 5.78 Å². The Kier molecular flexibility index (Phi) is 5.23. The normalized spacial score (nSPS) is 15.9. The Morgan fingerprint density at radius 3 is 2.54 bits per heavy atom. The second-order valence-electron chi connectivity index (χ2n) is 7.07. The Hall–Kier alpha value is -2.58. The fourth-order valence-corrected chi connectivity index (χ4v) is 4.56. The van der Waals surface area contributed by atoms with Gasteiger partial charge >= 0.3 is 5.69 Å². The van der Waals surface area contributed by atoms with Gasteiger partial charge in [-0.3, -0.25) is 19.1 Å². The molecule has 0 aliphatic carbocycles. The van der Waals surface area contributed by atoms with E-state index in [0.29, 0.717) is 29.6 Å². The molecular weight excluding hydrogens is 381 g/mol. The maximum absolute atomic E-state index is 13.0. The molecular formula is C20H20FN3O3S. The number of rotatable bonds is 5. The van der Waals surface area contributed by atoms with Crippen LogP contribution in [0.4, 0.5) is 4.39 Å². The first-order valence-corrected chi connectivity index (χ1v) is 10.2. The number of benzene rings is 1. The van der Waals surface area contributed by atoms with Gasteiger partial charge in [0.05, 0.1) is 10.9 Å². The van der Waals surface area contributed by atoms with Crippen LogP contribution in [-0.2, 0) is 6.54 Å². The monoisotopic (exact) mass is 401 g/mol. The minimum absolute atomic E-state index is 0.0545. The Morgan fingerprint density at radius 1 is 1.11 bits per heavy atom. The molecule has 4 rings (SSSR count). The summed E-state index contributed by atoms with van der Waals surface area (Å²) in [4.78, 5) is 41.2. The van der Waals surface area contributed by atoms with Gasteiger partial charge in [0.2, 0.25) is 0 Å². The number of thiophene rings is 1. The Morgan fingerprint density at radius 2 is 1.82 bits per heavy atom. The van der Waals surface area contributed by atoms with E-state index in [0.717, 1.165) is 25.9 Å². The number of hydrogen-bond acceptors (Lipinski definition) is 5. The van der Waals surface area contributed by atoms with E-state index in [1.807, 2.05) is 5.38 Å². The first-order valence-electron chi connectivity index (χ1n) is 9.24. The van der Waals surface area contributed by atoms with Gasteiger partial charge in [-0.05, 0) is 50.2 Å². The van der Waals surface area contributed by atoms with E-state index in [1.54, 1.807) is 22.1 Å². The largest absolute Gasteiger partial charge is 0.328 e. The summed E-state index contributed by atoms with van der Waals surface area (Å²) in [5, 5.41) is 4.10. The summed E-state index contributed by atoms with van der Waals surface area (Å²) in [5.74, 6) is -0.332. The van der Waals surface area contributed by atoms with Gasteiger partial charge in [-0.25, -0.2) is 9.18 Å². The highest BCUT2D eigenvalue weighted by Gasteiger charge is 2.25. The smallest absolute Gasteiger partial charge is 0.302 e. The number of nitrogens with zero attached hydrogens (tertiary/aromatic N) is 2. The molecule has 1 aromatic carbocycles. The molecule has 0 atom stereocenters. The van der Waals surface area contributed by atoms with Crippen LogP contribution in [0.1, 0.15) is 23.2 Å². The predicted octanol–water partition coefficient (Wildman–Crippen LogP) is 2.49. The summed E-state index contributed by atoms with van der Waals surface area (Å²) in [6.45, 7) is 2.69. The van der Waals surface area contributed by atoms with Gasteiger partial charge in [-0.1, -0.05) is 0 Å². The minimum Gasteiger partial charge on any atom is -0.302 e.